The second kappa shape index (κ2) is 6.13. The summed E-state index contributed by atoms with van der Waals surface area (Å²) in [5.74, 6) is 0.741. The Hall–Kier alpha value is -1.75. The van der Waals surface area contributed by atoms with Gasteiger partial charge in [0.25, 0.3) is 5.91 Å². The molecule has 1 aliphatic heterocycles. The van der Waals surface area contributed by atoms with Crippen molar-refractivity contribution in [1.29, 1.82) is 0 Å². The summed E-state index contributed by atoms with van der Waals surface area (Å²) < 4.78 is 0. The predicted octanol–water partition coefficient (Wildman–Crippen LogP) is 2.63. The van der Waals surface area contributed by atoms with E-state index in [1.165, 1.54) is 16.9 Å². The molecule has 3 rings (SSSR count). The Balaban J connectivity index is 1.53. The SMILES string of the molecule is O=C(c1cscn1)N1CCC(Cc2ccncc2)CC1. The molecule has 104 valence electrons. The lowest BCUT2D eigenvalue weighted by atomic mass is 9.90. The summed E-state index contributed by atoms with van der Waals surface area (Å²) in [5, 5.41) is 1.82. The van der Waals surface area contributed by atoms with Crippen LogP contribution in [0.5, 0.6) is 0 Å². The lowest BCUT2D eigenvalue weighted by Gasteiger charge is -2.31. The monoisotopic (exact) mass is 287 g/mol. The van der Waals surface area contributed by atoms with E-state index in [2.05, 4.69) is 22.1 Å². The molecule has 0 aromatic carbocycles. The molecule has 5 heteroatoms. The Morgan fingerprint density at radius 3 is 2.70 bits per heavy atom. The van der Waals surface area contributed by atoms with E-state index in [0.29, 0.717) is 11.6 Å². The molecule has 0 saturated carbocycles. The normalized spacial score (nSPS) is 16.3. The maximum Gasteiger partial charge on any atom is 0.273 e. The highest BCUT2D eigenvalue weighted by molar-refractivity contribution is 7.07. The number of likely N-dealkylation sites (tertiary alicyclic amines) is 1. The van der Waals surface area contributed by atoms with Crippen molar-refractivity contribution in [2.75, 3.05) is 13.1 Å². The Bertz CT molecular complexity index is 548. The Morgan fingerprint density at radius 2 is 2.05 bits per heavy atom. The van der Waals surface area contributed by atoms with Gasteiger partial charge in [0.15, 0.2) is 0 Å². The third-order valence-corrected chi connectivity index (χ3v) is 4.41. The molecule has 1 amide bonds. The molecule has 3 heterocycles. The highest BCUT2D eigenvalue weighted by atomic mass is 32.1. The number of aromatic nitrogens is 2. The molecule has 1 aliphatic rings. The summed E-state index contributed by atoms with van der Waals surface area (Å²) >= 11 is 1.47. The Labute approximate surface area is 122 Å². The van der Waals surface area contributed by atoms with Crippen LogP contribution in [0.3, 0.4) is 0 Å². The summed E-state index contributed by atoms with van der Waals surface area (Å²) in [6.45, 7) is 1.68. The number of amides is 1. The van der Waals surface area contributed by atoms with Gasteiger partial charge in [0.1, 0.15) is 5.69 Å². The predicted molar refractivity (Wildman–Crippen MR) is 78.7 cm³/mol. The molecule has 0 bridgehead atoms. The summed E-state index contributed by atoms with van der Waals surface area (Å²) in [6, 6.07) is 4.15. The van der Waals surface area contributed by atoms with Crippen molar-refractivity contribution in [3.8, 4) is 0 Å². The zero-order chi connectivity index (χ0) is 13.8. The van der Waals surface area contributed by atoms with Crippen molar-refractivity contribution >= 4 is 17.2 Å². The average molecular weight is 287 g/mol. The van der Waals surface area contributed by atoms with Gasteiger partial charge in [-0.05, 0) is 42.9 Å². The van der Waals surface area contributed by atoms with Crippen molar-refractivity contribution in [1.82, 2.24) is 14.9 Å². The number of piperidine rings is 1. The van der Waals surface area contributed by atoms with Crippen LogP contribution in [0.4, 0.5) is 0 Å². The molecule has 4 nitrogen and oxygen atoms in total. The van der Waals surface area contributed by atoms with E-state index in [0.717, 1.165) is 32.4 Å². The molecule has 0 atom stereocenters. The fraction of sp³-hybridized carbons (Fsp3) is 0.400. The van der Waals surface area contributed by atoms with Crippen LogP contribution in [-0.4, -0.2) is 33.9 Å². The van der Waals surface area contributed by atoms with Gasteiger partial charge in [-0.3, -0.25) is 9.78 Å². The van der Waals surface area contributed by atoms with Crippen LogP contribution in [0.1, 0.15) is 28.9 Å². The molecule has 0 spiro atoms. The molecular formula is C15H17N3OS. The number of hydrogen-bond acceptors (Lipinski definition) is 4. The first kappa shape index (κ1) is 13.2. The molecule has 2 aromatic heterocycles. The number of rotatable bonds is 3. The maximum atomic E-state index is 12.2. The highest BCUT2D eigenvalue weighted by Crippen LogP contribution is 2.22. The molecule has 0 radical (unpaired) electrons. The number of nitrogens with zero attached hydrogens (tertiary/aromatic N) is 3. The molecule has 20 heavy (non-hydrogen) atoms. The van der Waals surface area contributed by atoms with Crippen LogP contribution in [0.2, 0.25) is 0 Å². The minimum atomic E-state index is 0.0774. The van der Waals surface area contributed by atoms with Gasteiger partial charge in [-0.1, -0.05) is 0 Å². The van der Waals surface area contributed by atoms with Crippen molar-refractivity contribution < 1.29 is 4.79 Å². The average Bonchev–Trinajstić information content (AvgIpc) is 3.03. The van der Waals surface area contributed by atoms with E-state index in [1.54, 1.807) is 5.51 Å². The second-order valence-electron chi connectivity index (χ2n) is 5.17. The van der Waals surface area contributed by atoms with E-state index < -0.39 is 0 Å². The van der Waals surface area contributed by atoms with Gasteiger partial charge in [-0.15, -0.1) is 11.3 Å². The number of carbonyl (C=O) groups excluding carboxylic acids is 1. The minimum Gasteiger partial charge on any atom is -0.337 e. The fourth-order valence-electron chi connectivity index (χ4n) is 2.67. The lowest BCUT2D eigenvalue weighted by molar-refractivity contribution is 0.0685. The van der Waals surface area contributed by atoms with E-state index in [1.807, 2.05) is 22.7 Å². The van der Waals surface area contributed by atoms with Crippen LogP contribution in [0.15, 0.2) is 35.4 Å². The van der Waals surface area contributed by atoms with E-state index in [4.69, 9.17) is 0 Å². The summed E-state index contributed by atoms with van der Waals surface area (Å²) in [7, 11) is 0. The molecule has 0 aliphatic carbocycles. The Kier molecular flexibility index (Phi) is 4.06. The fourth-order valence-corrected chi connectivity index (χ4v) is 3.20. The number of carbonyl (C=O) groups is 1. The van der Waals surface area contributed by atoms with Gasteiger partial charge in [0.05, 0.1) is 5.51 Å². The van der Waals surface area contributed by atoms with Gasteiger partial charge in [0, 0.05) is 30.9 Å². The summed E-state index contributed by atoms with van der Waals surface area (Å²) in [4.78, 5) is 22.3. The standard InChI is InChI=1S/C15H17N3OS/c19-15(14-10-20-11-17-14)18-7-3-13(4-8-18)9-12-1-5-16-6-2-12/h1-2,5-6,10-11,13H,3-4,7-9H2. The first-order valence-corrected chi connectivity index (χ1v) is 7.83. The van der Waals surface area contributed by atoms with Crippen LogP contribution < -0.4 is 0 Å². The maximum absolute atomic E-state index is 12.2. The smallest absolute Gasteiger partial charge is 0.273 e. The summed E-state index contributed by atoms with van der Waals surface area (Å²) in [6.07, 6.45) is 6.91. The van der Waals surface area contributed by atoms with E-state index in [9.17, 15) is 4.79 Å². The number of pyridine rings is 1. The van der Waals surface area contributed by atoms with E-state index >= 15 is 0 Å². The van der Waals surface area contributed by atoms with Gasteiger partial charge in [-0.25, -0.2) is 4.98 Å². The molecule has 1 fully saturated rings. The largest absolute Gasteiger partial charge is 0.337 e. The highest BCUT2D eigenvalue weighted by Gasteiger charge is 2.24. The molecular weight excluding hydrogens is 270 g/mol. The number of thiazole rings is 1. The van der Waals surface area contributed by atoms with Crippen LogP contribution in [0.25, 0.3) is 0 Å². The van der Waals surface area contributed by atoms with Crippen LogP contribution >= 0.6 is 11.3 Å². The number of hydrogen-bond donors (Lipinski definition) is 0. The van der Waals surface area contributed by atoms with Gasteiger partial charge in [-0.2, -0.15) is 0 Å². The van der Waals surface area contributed by atoms with Gasteiger partial charge >= 0.3 is 0 Å². The van der Waals surface area contributed by atoms with Gasteiger partial charge in [0.2, 0.25) is 0 Å². The van der Waals surface area contributed by atoms with Gasteiger partial charge < -0.3 is 4.90 Å². The van der Waals surface area contributed by atoms with Crippen LogP contribution in [-0.2, 0) is 6.42 Å². The van der Waals surface area contributed by atoms with Crippen molar-refractivity contribution in [3.05, 3.63) is 46.7 Å². The first-order valence-electron chi connectivity index (χ1n) is 6.89. The van der Waals surface area contributed by atoms with E-state index in [-0.39, 0.29) is 5.91 Å². The Morgan fingerprint density at radius 1 is 1.30 bits per heavy atom. The third-order valence-electron chi connectivity index (χ3n) is 3.83. The molecule has 0 unspecified atom stereocenters. The van der Waals surface area contributed by atoms with Crippen LogP contribution in [0, 0.1) is 5.92 Å². The van der Waals surface area contributed by atoms with Crippen molar-refractivity contribution in [2.45, 2.75) is 19.3 Å². The zero-order valence-electron chi connectivity index (χ0n) is 11.2. The van der Waals surface area contributed by atoms with Crippen molar-refractivity contribution in [2.24, 2.45) is 5.92 Å². The molecule has 1 saturated heterocycles. The third kappa shape index (κ3) is 3.04. The first-order chi connectivity index (χ1) is 9.83. The topological polar surface area (TPSA) is 46.1 Å². The quantitative estimate of drug-likeness (QED) is 0.872. The second-order valence-corrected chi connectivity index (χ2v) is 5.89. The zero-order valence-corrected chi connectivity index (χ0v) is 12.1. The molecule has 2 aromatic rings. The summed E-state index contributed by atoms with van der Waals surface area (Å²) in [5.41, 5.74) is 3.63. The minimum absolute atomic E-state index is 0.0774. The lowest BCUT2D eigenvalue weighted by Crippen LogP contribution is -2.39. The molecule has 0 N–H and O–H groups in total. The van der Waals surface area contributed by atoms with Crippen molar-refractivity contribution in [3.63, 3.8) is 0 Å².